The van der Waals surface area contributed by atoms with Crippen LogP contribution in [0.5, 0.6) is 0 Å². The summed E-state index contributed by atoms with van der Waals surface area (Å²) in [6, 6.07) is 15.7. The molecule has 0 amide bonds. The second kappa shape index (κ2) is 5.66. The van der Waals surface area contributed by atoms with E-state index in [1.54, 1.807) is 0 Å². The molecule has 0 bridgehead atoms. The zero-order chi connectivity index (χ0) is 14.1. The van der Waals surface area contributed by atoms with E-state index >= 15 is 0 Å². The number of fused-ring (bicyclic) bond motifs is 2. The molecule has 4 rings (SSSR count). The van der Waals surface area contributed by atoms with E-state index in [-0.39, 0.29) is 29.9 Å². The number of benzene rings is 2. The maximum absolute atomic E-state index is 5.74. The number of oxazole rings is 2. The van der Waals surface area contributed by atoms with Gasteiger partial charge in [0.25, 0.3) is 0 Å². The van der Waals surface area contributed by atoms with E-state index in [4.69, 9.17) is 8.83 Å². The van der Waals surface area contributed by atoms with Crippen LogP contribution in [0.4, 0.5) is 0 Å². The van der Waals surface area contributed by atoms with Crippen molar-refractivity contribution in [3.8, 4) is 0 Å². The van der Waals surface area contributed by atoms with Crippen molar-refractivity contribution in [2.75, 3.05) is 0 Å². The van der Waals surface area contributed by atoms with Crippen LogP contribution in [-0.2, 0) is 0 Å². The van der Waals surface area contributed by atoms with Gasteiger partial charge < -0.3 is 0 Å². The van der Waals surface area contributed by atoms with Gasteiger partial charge in [-0.05, 0) is 0 Å². The molecule has 0 aliphatic rings. The molecule has 4 aromatic rings. The predicted molar refractivity (Wildman–Crippen MR) is 83.6 cm³/mol. The number of hydrogen-bond acceptors (Lipinski definition) is 4. The summed E-state index contributed by atoms with van der Waals surface area (Å²) >= 11 is 0.444. The summed E-state index contributed by atoms with van der Waals surface area (Å²) in [4.78, 5) is 10.7. The summed E-state index contributed by atoms with van der Waals surface area (Å²) in [6.45, 7) is 0. The van der Waals surface area contributed by atoms with E-state index in [1.165, 1.54) is 0 Å². The van der Waals surface area contributed by atoms with Crippen LogP contribution >= 0.6 is 0 Å². The molecule has 2 aromatic carbocycles. The number of aromatic nitrogens is 2. The third kappa shape index (κ3) is 2.76. The molecule has 4 nitrogen and oxygen atoms in total. The number of para-hydroxylation sites is 4. The van der Waals surface area contributed by atoms with Crippen LogP contribution in [0.25, 0.3) is 22.2 Å². The summed E-state index contributed by atoms with van der Waals surface area (Å²) in [5.41, 5.74) is 3.60. The number of hydrogen-bond donors (Lipinski definition) is 0. The van der Waals surface area contributed by atoms with Crippen molar-refractivity contribution in [3.63, 3.8) is 0 Å². The summed E-state index contributed by atoms with van der Waals surface area (Å²) in [5.74, 6) is 0. The van der Waals surface area contributed by atoms with Crippen molar-refractivity contribution < 1.29 is 8.83 Å². The Hall–Kier alpha value is -1.58. The van der Waals surface area contributed by atoms with Crippen molar-refractivity contribution in [2.45, 2.75) is 4.22 Å². The van der Waals surface area contributed by atoms with Gasteiger partial charge in [-0.15, -0.1) is 0 Å². The van der Waals surface area contributed by atoms with Gasteiger partial charge in [0, 0.05) is 0 Å². The summed E-state index contributed by atoms with van der Waals surface area (Å²) in [5, 5.41) is 0. The van der Waals surface area contributed by atoms with Crippen LogP contribution in [0.1, 0.15) is 0 Å². The third-order valence-corrected chi connectivity index (χ3v) is 7.75. The maximum atomic E-state index is 5.74. The molecule has 6 heteroatoms. The van der Waals surface area contributed by atoms with Gasteiger partial charge >= 0.3 is 133 Å². The van der Waals surface area contributed by atoms with Gasteiger partial charge in [0.1, 0.15) is 0 Å². The first-order valence-corrected chi connectivity index (χ1v) is 10.5. The van der Waals surface area contributed by atoms with E-state index in [1.807, 2.05) is 48.5 Å². The van der Waals surface area contributed by atoms with Crippen LogP contribution in [0, 0.1) is 0 Å². The first kappa shape index (κ1) is 13.1. The molecule has 0 saturated heterocycles. The average molecular weight is 408 g/mol. The molecule has 2 heterocycles. The van der Waals surface area contributed by atoms with Crippen LogP contribution in [-0.4, -0.2) is 39.9 Å². The molecule has 0 N–H and O–H groups in total. The Morgan fingerprint density at radius 2 is 1.19 bits per heavy atom. The van der Waals surface area contributed by atoms with Crippen molar-refractivity contribution in [2.24, 2.45) is 0 Å². The summed E-state index contributed by atoms with van der Waals surface area (Å²) in [6.07, 6.45) is 0. The number of rotatable bonds is 4. The minimum atomic E-state index is 0.222. The Bertz CT molecular complexity index is 761. The standard InChI is InChI=1S/C15H10N2O2Se2/c1-3-7-12-10(5-1)16-14(18-12)20-9-21-15-17-11-6-2-4-8-13(11)19-15/h1-8H,9H2. The SMILES string of the molecule is c1ccc2oc([Se]C[Se]c3nc4ccccc4o3)nc2c1. The third-order valence-electron chi connectivity index (χ3n) is 2.91. The fourth-order valence-corrected chi connectivity index (χ4v) is 6.65. The van der Waals surface area contributed by atoms with Crippen molar-refractivity contribution in [1.29, 1.82) is 0 Å². The van der Waals surface area contributed by atoms with Crippen LogP contribution in [0.3, 0.4) is 0 Å². The fourth-order valence-electron chi connectivity index (χ4n) is 1.96. The molecule has 0 atom stereocenters. The Balaban J connectivity index is 1.44. The van der Waals surface area contributed by atoms with Crippen molar-refractivity contribution >= 4 is 61.7 Å². The first-order chi connectivity index (χ1) is 10.4. The molecule has 0 aliphatic carbocycles. The van der Waals surface area contributed by atoms with Crippen LogP contribution < -0.4 is 9.58 Å². The van der Waals surface area contributed by atoms with Crippen molar-refractivity contribution in [3.05, 3.63) is 48.5 Å². The average Bonchev–Trinajstić information content (AvgIpc) is 3.09. The Labute approximate surface area is 133 Å². The molecular formula is C15H10N2O2Se2. The van der Waals surface area contributed by atoms with Crippen molar-refractivity contribution in [1.82, 2.24) is 9.97 Å². The van der Waals surface area contributed by atoms with Gasteiger partial charge in [-0.25, -0.2) is 0 Å². The molecule has 0 saturated carbocycles. The molecule has 0 radical (unpaired) electrons. The van der Waals surface area contributed by atoms with E-state index in [2.05, 4.69) is 9.97 Å². The topological polar surface area (TPSA) is 52.1 Å². The normalized spacial score (nSPS) is 11.4. The second-order valence-corrected chi connectivity index (χ2v) is 10.0. The van der Waals surface area contributed by atoms with Gasteiger partial charge in [-0.1, -0.05) is 0 Å². The fraction of sp³-hybridized carbons (Fsp3) is 0.0667. The molecule has 21 heavy (non-hydrogen) atoms. The molecule has 2 aromatic heterocycles. The van der Waals surface area contributed by atoms with Gasteiger partial charge in [-0.2, -0.15) is 0 Å². The van der Waals surface area contributed by atoms with Crippen LogP contribution in [0.2, 0.25) is 4.22 Å². The zero-order valence-corrected chi connectivity index (χ0v) is 14.3. The first-order valence-electron chi connectivity index (χ1n) is 6.35. The van der Waals surface area contributed by atoms with Gasteiger partial charge in [0.05, 0.1) is 0 Å². The van der Waals surface area contributed by atoms with Crippen LogP contribution in [0.15, 0.2) is 57.4 Å². The molecular weight excluding hydrogens is 398 g/mol. The quantitative estimate of drug-likeness (QED) is 0.483. The molecule has 0 aliphatic heterocycles. The van der Waals surface area contributed by atoms with Gasteiger partial charge in [0.2, 0.25) is 0 Å². The molecule has 0 unspecified atom stereocenters. The Kier molecular flexibility index (Phi) is 3.53. The summed E-state index contributed by atoms with van der Waals surface area (Å²) in [7, 11) is 0. The van der Waals surface area contributed by atoms with E-state index < -0.39 is 0 Å². The van der Waals surface area contributed by atoms with Gasteiger partial charge in [0.15, 0.2) is 0 Å². The molecule has 104 valence electrons. The minimum absolute atomic E-state index is 0.222. The Morgan fingerprint density at radius 1 is 0.714 bits per heavy atom. The van der Waals surface area contributed by atoms with E-state index in [0.717, 1.165) is 36.0 Å². The zero-order valence-electron chi connectivity index (χ0n) is 10.9. The predicted octanol–water partition coefficient (Wildman–Crippen LogP) is 1.70. The van der Waals surface area contributed by atoms with Gasteiger partial charge in [-0.3, -0.25) is 0 Å². The van der Waals surface area contributed by atoms with E-state index in [9.17, 15) is 0 Å². The van der Waals surface area contributed by atoms with E-state index in [0.29, 0.717) is 0 Å². The monoisotopic (exact) mass is 410 g/mol. The Morgan fingerprint density at radius 3 is 1.67 bits per heavy atom. The second-order valence-electron chi connectivity index (χ2n) is 4.30. The molecule has 0 spiro atoms. The number of nitrogens with zero attached hydrogens (tertiary/aromatic N) is 2. The molecule has 0 fully saturated rings. The summed E-state index contributed by atoms with van der Waals surface area (Å²) < 4.78 is 12.5.